The number of benzene rings is 1. The molecule has 0 saturated heterocycles. The Morgan fingerprint density at radius 2 is 2.21 bits per heavy atom. The molecule has 0 unspecified atom stereocenters. The molecule has 0 spiro atoms. The fourth-order valence-corrected chi connectivity index (χ4v) is 2.49. The molecule has 1 aromatic carbocycles. The number of amides is 2. The van der Waals surface area contributed by atoms with Crippen molar-refractivity contribution >= 4 is 23.2 Å². The van der Waals surface area contributed by atoms with Crippen LogP contribution in [0.3, 0.4) is 0 Å². The number of hydrogen-bond acceptors (Lipinski definition) is 3. The van der Waals surface area contributed by atoms with Gasteiger partial charge in [-0.25, -0.2) is 0 Å². The highest BCUT2D eigenvalue weighted by Gasteiger charge is 2.33. The zero-order chi connectivity index (χ0) is 13.6. The summed E-state index contributed by atoms with van der Waals surface area (Å²) in [6.07, 6.45) is 2.48. The molecule has 1 saturated carbocycles. The monoisotopic (exact) mass is 259 g/mol. The second-order valence-corrected chi connectivity index (χ2v) is 5.28. The van der Waals surface area contributed by atoms with Gasteiger partial charge < -0.3 is 15.5 Å². The molecule has 0 aromatic heterocycles. The third kappa shape index (κ3) is 2.16. The van der Waals surface area contributed by atoms with Crippen LogP contribution in [0.2, 0.25) is 0 Å². The van der Waals surface area contributed by atoms with E-state index in [1.165, 1.54) is 0 Å². The fraction of sp³-hybridized carbons (Fsp3) is 0.429. The Bertz CT molecular complexity index is 552. The average Bonchev–Trinajstić information content (AvgIpc) is 3.15. The summed E-state index contributed by atoms with van der Waals surface area (Å²) in [5.41, 5.74) is 8.09. The van der Waals surface area contributed by atoms with Gasteiger partial charge in [-0.2, -0.15) is 0 Å². The van der Waals surface area contributed by atoms with Gasteiger partial charge in [0, 0.05) is 24.5 Å². The maximum absolute atomic E-state index is 12.1. The molecule has 100 valence electrons. The molecule has 0 atom stereocenters. The van der Waals surface area contributed by atoms with Gasteiger partial charge >= 0.3 is 0 Å². The zero-order valence-electron chi connectivity index (χ0n) is 10.9. The average molecular weight is 259 g/mol. The number of likely N-dealkylation sites (N-methyl/N-ethyl adjacent to an activating group) is 1. The molecule has 1 aliphatic carbocycles. The molecular formula is C14H17N3O2. The molecule has 0 bridgehead atoms. The van der Waals surface area contributed by atoms with Gasteiger partial charge in [0.25, 0.3) is 0 Å². The second-order valence-electron chi connectivity index (χ2n) is 5.28. The van der Waals surface area contributed by atoms with Gasteiger partial charge in [-0.3, -0.25) is 9.59 Å². The standard InChI is InChI=1S/C14H17N3O2/c1-16(11-3-4-11)14(19)8-17-12-5-2-10(15)6-9(12)7-13(17)18/h2,5-6,11H,3-4,7-8,15H2,1H3. The Balaban J connectivity index is 1.78. The lowest BCUT2D eigenvalue weighted by Crippen LogP contribution is -2.40. The quantitative estimate of drug-likeness (QED) is 0.816. The molecule has 1 heterocycles. The van der Waals surface area contributed by atoms with Crippen LogP contribution in [-0.4, -0.2) is 36.3 Å². The van der Waals surface area contributed by atoms with Gasteiger partial charge in [0.1, 0.15) is 6.54 Å². The van der Waals surface area contributed by atoms with Crippen molar-refractivity contribution in [3.8, 4) is 0 Å². The molecule has 1 aliphatic heterocycles. The SMILES string of the molecule is CN(C(=O)CN1C(=O)Cc2cc(N)ccc21)C1CC1. The number of carbonyl (C=O) groups is 2. The summed E-state index contributed by atoms with van der Waals surface area (Å²) >= 11 is 0. The smallest absolute Gasteiger partial charge is 0.242 e. The maximum atomic E-state index is 12.1. The fourth-order valence-electron chi connectivity index (χ4n) is 2.49. The Hall–Kier alpha value is -2.04. The summed E-state index contributed by atoms with van der Waals surface area (Å²) in [5.74, 6) is -0.0290. The van der Waals surface area contributed by atoms with Gasteiger partial charge in [-0.15, -0.1) is 0 Å². The third-order valence-corrected chi connectivity index (χ3v) is 3.82. The van der Waals surface area contributed by atoms with E-state index in [2.05, 4.69) is 0 Å². The van der Waals surface area contributed by atoms with E-state index in [1.54, 1.807) is 15.9 Å². The van der Waals surface area contributed by atoms with Crippen molar-refractivity contribution in [1.82, 2.24) is 4.90 Å². The number of nitrogen functional groups attached to an aromatic ring is 1. The van der Waals surface area contributed by atoms with Crippen LogP contribution < -0.4 is 10.6 Å². The van der Waals surface area contributed by atoms with Crippen LogP contribution in [0.1, 0.15) is 18.4 Å². The van der Waals surface area contributed by atoms with Gasteiger partial charge in [-0.05, 0) is 36.6 Å². The highest BCUT2D eigenvalue weighted by Crippen LogP contribution is 2.31. The normalized spacial score (nSPS) is 17.5. The molecule has 2 amide bonds. The molecule has 1 fully saturated rings. The van der Waals surface area contributed by atoms with Crippen molar-refractivity contribution in [2.45, 2.75) is 25.3 Å². The van der Waals surface area contributed by atoms with E-state index in [0.717, 1.165) is 24.1 Å². The highest BCUT2D eigenvalue weighted by atomic mass is 16.2. The Morgan fingerprint density at radius 3 is 2.89 bits per heavy atom. The first kappa shape index (κ1) is 12.0. The summed E-state index contributed by atoms with van der Waals surface area (Å²) in [7, 11) is 1.81. The van der Waals surface area contributed by atoms with Gasteiger partial charge in [0.2, 0.25) is 11.8 Å². The lowest BCUT2D eigenvalue weighted by Gasteiger charge is -2.22. The molecule has 2 N–H and O–H groups in total. The van der Waals surface area contributed by atoms with E-state index >= 15 is 0 Å². The molecule has 5 heteroatoms. The number of nitrogens with zero attached hydrogens (tertiary/aromatic N) is 2. The van der Waals surface area contributed by atoms with Crippen molar-refractivity contribution in [2.75, 3.05) is 24.2 Å². The zero-order valence-corrected chi connectivity index (χ0v) is 10.9. The van der Waals surface area contributed by atoms with Crippen LogP contribution in [0.5, 0.6) is 0 Å². The Morgan fingerprint density at radius 1 is 1.47 bits per heavy atom. The maximum Gasteiger partial charge on any atom is 0.242 e. The van der Waals surface area contributed by atoms with E-state index in [4.69, 9.17) is 5.73 Å². The summed E-state index contributed by atoms with van der Waals surface area (Å²) in [4.78, 5) is 27.4. The number of hydrogen-bond donors (Lipinski definition) is 1. The van der Waals surface area contributed by atoms with Gasteiger partial charge in [0.15, 0.2) is 0 Å². The topological polar surface area (TPSA) is 66.6 Å². The van der Waals surface area contributed by atoms with Crippen LogP contribution >= 0.6 is 0 Å². The number of nitrogens with two attached hydrogens (primary N) is 1. The van der Waals surface area contributed by atoms with Crippen molar-refractivity contribution in [3.63, 3.8) is 0 Å². The molecule has 1 aromatic rings. The largest absolute Gasteiger partial charge is 0.399 e. The van der Waals surface area contributed by atoms with Crippen LogP contribution in [0, 0.1) is 0 Å². The van der Waals surface area contributed by atoms with Gasteiger partial charge in [0.05, 0.1) is 6.42 Å². The van der Waals surface area contributed by atoms with Crippen molar-refractivity contribution in [3.05, 3.63) is 23.8 Å². The lowest BCUT2D eigenvalue weighted by molar-refractivity contribution is -0.130. The van der Waals surface area contributed by atoms with E-state index in [-0.39, 0.29) is 18.4 Å². The van der Waals surface area contributed by atoms with Crippen molar-refractivity contribution in [2.24, 2.45) is 0 Å². The minimum atomic E-state index is -0.0295. The summed E-state index contributed by atoms with van der Waals surface area (Å²) in [6.45, 7) is 0.128. The number of carbonyl (C=O) groups excluding carboxylic acids is 2. The number of fused-ring (bicyclic) bond motifs is 1. The van der Waals surface area contributed by atoms with Crippen molar-refractivity contribution in [1.29, 1.82) is 0 Å². The summed E-state index contributed by atoms with van der Waals surface area (Å²) in [6, 6.07) is 5.76. The van der Waals surface area contributed by atoms with E-state index in [9.17, 15) is 9.59 Å². The van der Waals surface area contributed by atoms with E-state index in [1.807, 2.05) is 19.2 Å². The first-order valence-corrected chi connectivity index (χ1v) is 6.50. The first-order valence-electron chi connectivity index (χ1n) is 6.50. The van der Waals surface area contributed by atoms with E-state index in [0.29, 0.717) is 18.2 Å². The lowest BCUT2D eigenvalue weighted by atomic mass is 10.1. The van der Waals surface area contributed by atoms with Crippen molar-refractivity contribution < 1.29 is 9.59 Å². The van der Waals surface area contributed by atoms with Crippen LogP contribution in [0.4, 0.5) is 11.4 Å². The number of anilines is 2. The third-order valence-electron chi connectivity index (χ3n) is 3.82. The number of rotatable bonds is 3. The molecule has 5 nitrogen and oxygen atoms in total. The molecule has 0 radical (unpaired) electrons. The van der Waals surface area contributed by atoms with E-state index < -0.39 is 0 Å². The molecule has 2 aliphatic rings. The van der Waals surface area contributed by atoms with Crippen LogP contribution in [0.25, 0.3) is 0 Å². The Kier molecular flexibility index (Phi) is 2.69. The molecular weight excluding hydrogens is 242 g/mol. The Labute approximate surface area is 112 Å². The minimum Gasteiger partial charge on any atom is -0.399 e. The minimum absolute atomic E-state index is 0.000486. The molecule has 19 heavy (non-hydrogen) atoms. The summed E-state index contributed by atoms with van der Waals surface area (Å²) < 4.78 is 0. The summed E-state index contributed by atoms with van der Waals surface area (Å²) in [5, 5.41) is 0. The van der Waals surface area contributed by atoms with Gasteiger partial charge in [-0.1, -0.05) is 0 Å². The predicted octanol–water partition coefficient (Wildman–Crippen LogP) is 0.779. The predicted molar refractivity (Wildman–Crippen MR) is 72.7 cm³/mol. The second kappa shape index (κ2) is 4.26. The van der Waals surface area contributed by atoms with Crippen LogP contribution in [0.15, 0.2) is 18.2 Å². The first-order chi connectivity index (χ1) is 9.06. The van der Waals surface area contributed by atoms with Crippen LogP contribution in [-0.2, 0) is 16.0 Å². The molecule has 3 rings (SSSR count). The highest BCUT2D eigenvalue weighted by molar-refractivity contribution is 6.05.